The molecule has 0 saturated carbocycles. The maximum absolute atomic E-state index is 13.6. The molecule has 0 aliphatic carbocycles. The Morgan fingerprint density at radius 2 is 1.03 bits per heavy atom. The van der Waals surface area contributed by atoms with Crippen molar-refractivity contribution in [3.8, 4) is 0 Å². The van der Waals surface area contributed by atoms with Gasteiger partial charge < -0.3 is 74.8 Å². The van der Waals surface area contributed by atoms with Gasteiger partial charge in [0.2, 0.25) is 47.3 Å². The number of rotatable bonds is 33. The van der Waals surface area contributed by atoms with Gasteiger partial charge in [-0.05, 0) is 50.1 Å². The highest BCUT2D eigenvalue weighted by molar-refractivity contribution is 5.98. The van der Waals surface area contributed by atoms with E-state index in [1.807, 2.05) is 0 Å². The molecule has 0 unspecified atom stereocenters. The van der Waals surface area contributed by atoms with Crippen LogP contribution in [0.1, 0.15) is 83.6 Å². The number of nitrogens with two attached hydrogens (primary N) is 3. The summed E-state index contributed by atoms with van der Waals surface area (Å²) < 4.78 is 0. The van der Waals surface area contributed by atoms with Crippen LogP contribution in [0.2, 0.25) is 0 Å². The second kappa shape index (κ2) is 30.1. The van der Waals surface area contributed by atoms with Crippen molar-refractivity contribution < 1.29 is 78.0 Å². The first-order valence-corrected chi connectivity index (χ1v) is 21.2. The number of amides is 8. The van der Waals surface area contributed by atoms with Crippen molar-refractivity contribution in [1.29, 1.82) is 0 Å². The summed E-state index contributed by atoms with van der Waals surface area (Å²) in [7, 11) is 0. The van der Waals surface area contributed by atoms with Gasteiger partial charge in [0, 0.05) is 19.3 Å². The lowest BCUT2D eigenvalue weighted by molar-refractivity contribution is -0.142. The van der Waals surface area contributed by atoms with Gasteiger partial charge >= 0.3 is 23.9 Å². The molecule has 7 atom stereocenters. The number of carboxylic acid groups (broad SMARTS) is 4. The van der Waals surface area contributed by atoms with Crippen LogP contribution < -0.4 is 54.4 Å². The molecule has 67 heavy (non-hydrogen) atoms. The van der Waals surface area contributed by atoms with E-state index in [2.05, 4.69) is 37.2 Å². The third-order valence-electron chi connectivity index (χ3n) is 9.59. The van der Waals surface area contributed by atoms with Crippen LogP contribution in [0.25, 0.3) is 0 Å². The molecule has 372 valence electrons. The van der Waals surface area contributed by atoms with Gasteiger partial charge in [-0.2, -0.15) is 0 Å². The smallest absolute Gasteiger partial charge is 0.326 e. The standard InChI is InChI=1S/C41H62N10O16/c1-21(2)16-26(49-40(65)28(19-34(58)59)48-35(60)23(43)10-6-7-15-42)36(61)45-20-31(53)46-24(11-13-32(54)55)37(62)47-25(12-14-33(56)57)38(63)50-27(18-30(44)52)39(64)51-29(41(66)67)17-22-8-4-3-5-9-22/h3-5,8-9,21,23-29H,6-7,10-20,42-43H2,1-2H3,(H2,44,52)(H,45,61)(H,46,53)(H,47,62)(H,48,60)(H,49,65)(H,50,63)(H,51,64)(H,54,55)(H,56,57)(H,58,59)(H,66,67)/t23-,24-,25-,26-,27-,28-,29-/m0/s1. The minimum atomic E-state index is -1.83. The van der Waals surface area contributed by atoms with Crippen molar-refractivity contribution in [3.63, 3.8) is 0 Å². The molecule has 0 spiro atoms. The number of hydrogen-bond acceptors (Lipinski definition) is 14. The first-order chi connectivity index (χ1) is 31.4. The Morgan fingerprint density at radius 1 is 0.552 bits per heavy atom. The van der Waals surface area contributed by atoms with E-state index in [0.29, 0.717) is 24.9 Å². The van der Waals surface area contributed by atoms with Crippen molar-refractivity contribution >= 4 is 71.1 Å². The third kappa shape index (κ3) is 24.0. The van der Waals surface area contributed by atoms with E-state index in [9.17, 15) is 78.0 Å². The van der Waals surface area contributed by atoms with Crippen LogP contribution >= 0.6 is 0 Å². The molecular formula is C41H62N10O16. The molecule has 1 aromatic rings. The number of unbranched alkanes of at least 4 members (excludes halogenated alkanes) is 1. The van der Waals surface area contributed by atoms with Crippen molar-refractivity contribution in [2.45, 2.75) is 127 Å². The van der Waals surface area contributed by atoms with E-state index < -0.39 is 158 Å². The Bertz CT molecular complexity index is 1920. The van der Waals surface area contributed by atoms with E-state index >= 15 is 0 Å². The van der Waals surface area contributed by atoms with Crippen molar-refractivity contribution in [1.82, 2.24) is 37.2 Å². The molecule has 0 fully saturated rings. The molecule has 0 aromatic heterocycles. The van der Waals surface area contributed by atoms with E-state index in [-0.39, 0.29) is 25.2 Å². The zero-order chi connectivity index (χ0) is 50.8. The van der Waals surface area contributed by atoms with Crippen molar-refractivity contribution in [2.24, 2.45) is 23.1 Å². The highest BCUT2D eigenvalue weighted by Crippen LogP contribution is 2.10. The van der Waals surface area contributed by atoms with Gasteiger partial charge in [0.25, 0.3) is 0 Å². The summed E-state index contributed by atoms with van der Waals surface area (Å²) in [6.07, 6.45) is -3.53. The summed E-state index contributed by atoms with van der Waals surface area (Å²) in [5.41, 5.74) is 17.1. The highest BCUT2D eigenvalue weighted by atomic mass is 16.4. The first-order valence-electron chi connectivity index (χ1n) is 21.2. The number of aliphatic carboxylic acids is 4. The summed E-state index contributed by atoms with van der Waals surface area (Å²) in [6.45, 7) is 2.82. The van der Waals surface area contributed by atoms with E-state index in [1.54, 1.807) is 44.2 Å². The summed E-state index contributed by atoms with van der Waals surface area (Å²) in [5, 5.41) is 53.5. The molecule has 26 nitrogen and oxygen atoms in total. The number of nitrogens with one attached hydrogen (secondary N) is 7. The molecule has 17 N–H and O–H groups in total. The number of carbonyl (C=O) groups excluding carboxylic acids is 8. The van der Waals surface area contributed by atoms with Crippen molar-refractivity contribution in [2.75, 3.05) is 13.1 Å². The topological polar surface area (TPSA) is 448 Å². The van der Waals surface area contributed by atoms with Crippen LogP contribution in [0, 0.1) is 5.92 Å². The zero-order valence-electron chi connectivity index (χ0n) is 37.1. The van der Waals surface area contributed by atoms with Gasteiger partial charge in [0.1, 0.15) is 36.3 Å². The predicted molar refractivity (Wildman–Crippen MR) is 233 cm³/mol. The Morgan fingerprint density at radius 3 is 1.52 bits per heavy atom. The SMILES string of the molecule is CC(C)C[C@H](NC(=O)[C@H](CC(=O)O)NC(=O)[C@@H](N)CCCCN)C(=O)NCC(=O)N[C@@H](CCC(=O)O)C(=O)N[C@@H](CCC(=O)O)C(=O)N[C@@H](CC(N)=O)C(=O)N[C@@H](Cc1ccccc1)C(=O)O. The van der Waals surface area contributed by atoms with Crippen LogP contribution in [0.15, 0.2) is 30.3 Å². The van der Waals surface area contributed by atoms with Gasteiger partial charge in [-0.15, -0.1) is 0 Å². The fraction of sp³-hybridized carbons (Fsp3) is 0.561. The number of carbonyl (C=O) groups is 12. The Hall–Kier alpha value is -7.22. The molecule has 1 aromatic carbocycles. The lowest BCUT2D eigenvalue weighted by atomic mass is 10.0. The van der Waals surface area contributed by atoms with Crippen LogP contribution in [0.3, 0.4) is 0 Å². The van der Waals surface area contributed by atoms with Crippen molar-refractivity contribution in [3.05, 3.63) is 35.9 Å². The molecule has 0 saturated heterocycles. The number of carboxylic acids is 4. The first kappa shape index (κ1) is 57.8. The summed E-state index contributed by atoms with van der Waals surface area (Å²) in [4.78, 5) is 151. The molecule has 0 aliphatic heterocycles. The largest absolute Gasteiger partial charge is 0.481 e. The average Bonchev–Trinajstić information content (AvgIpc) is 3.24. The summed E-state index contributed by atoms with van der Waals surface area (Å²) in [6, 6.07) is -3.01. The molecule has 26 heteroatoms. The summed E-state index contributed by atoms with van der Waals surface area (Å²) in [5.74, 6) is -14.8. The molecule has 8 amide bonds. The second-order valence-corrected chi connectivity index (χ2v) is 15.8. The molecule has 0 radical (unpaired) electrons. The van der Waals surface area contributed by atoms with E-state index in [4.69, 9.17) is 17.2 Å². The van der Waals surface area contributed by atoms with Crippen LogP contribution in [0.4, 0.5) is 0 Å². The third-order valence-corrected chi connectivity index (χ3v) is 9.59. The van der Waals surface area contributed by atoms with Crippen LogP contribution in [0.5, 0.6) is 0 Å². The molecular weight excluding hydrogens is 889 g/mol. The molecule has 0 aliphatic rings. The minimum Gasteiger partial charge on any atom is -0.481 e. The van der Waals surface area contributed by atoms with Gasteiger partial charge in [-0.25, -0.2) is 4.79 Å². The molecule has 0 bridgehead atoms. The Labute approximate surface area is 384 Å². The van der Waals surface area contributed by atoms with Gasteiger partial charge in [0.05, 0.1) is 25.4 Å². The maximum Gasteiger partial charge on any atom is 0.326 e. The van der Waals surface area contributed by atoms with Gasteiger partial charge in [0.15, 0.2) is 0 Å². The lowest BCUT2D eigenvalue weighted by Gasteiger charge is -2.26. The Balaban J connectivity index is 3.23. The molecule has 1 rings (SSSR count). The summed E-state index contributed by atoms with van der Waals surface area (Å²) >= 11 is 0. The minimum absolute atomic E-state index is 0.0508. The van der Waals surface area contributed by atoms with Crippen LogP contribution in [-0.2, 0) is 64.0 Å². The Kier molecular flexibility index (Phi) is 25.9. The zero-order valence-corrected chi connectivity index (χ0v) is 37.1. The van der Waals surface area contributed by atoms with Gasteiger partial charge in [-0.1, -0.05) is 50.6 Å². The highest BCUT2D eigenvalue weighted by Gasteiger charge is 2.34. The van der Waals surface area contributed by atoms with Crippen LogP contribution in [-0.4, -0.2) is 147 Å². The lowest BCUT2D eigenvalue weighted by Crippen LogP contribution is -2.59. The monoisotopic (exact) mass is 950 g/mol. The molecule has 0 heterocycles. The number of benzene rings is 1. The quantitative estimate of drug-likeness (QED) is 0.0298. The fourth-order valence-corrected chi connectivity index (χ4v) is 6.16. The maximum atomic E-state index is 13.6. The van der Waals surface area contributed by atoms with Gasteiger partial charge in [-0.3, -0.25) is 52.7 Å². The second-order valence-electron chi connectivity index (χ2n) is 15.8. The van der Waals surface area contributed by atoms with E-state index in [1.165, 1.54) is 0 Å². The normalized spacial score (nSPS) is 14.0. The predicted octanol–water partition coefficient (Wildman–Crippen LogP) is -4.08. The number of hydrogen-bond donors (Lipinski definition) is 14. The fourth-order valence-electron chi connectivity index (χ4n) is 6.16. The van der Waals surface area contributed by atoms with E-state index in [0.717, 1.165) is 0 Å². The number of primary amides is 1. The average molecular weight is 951 g/mol.